The lowest BCUT2D eigenvalue weighted by Gasteiger charge is -2.35. The first-order valence-electron chi connectivity index (χ1n) is 17.6. The van der Waals surface area contributed by atoms with Crippen LogP contribution in [0.2, 0.25) is 0 Å². The van der Waals surface area contributed by atoms with Gasteiger partial charge in [0.2, 0.25) is 12.2 Å². The monoisotopic (exact) mass is 872 g/mol. The molecule has 0 fully saturated rings. The minimum Gasteiger partial charge on any atom is -0.474 e. The van der Waals surface area contributed by atoms with E-state index in [0.717, 1.165) is 81.9 Å². The topological polar surface area (TPSA) is 107 Å². The van der Waals surface area contributed by atoms with E-state index in [0.29, 0.717) is 35.7 Å². The highest BCUT2D eigenvalue weighted by molar-refractivity contribution is 14.1. The molecule has 268 valence electrons. The first kappa shape index (κ1) is 38.8. The number of halogens is 2. The largest absolute Gasteiger partial charge is 0.474 e. The Morgan fingerprint density at radius 1 is 0.654 bits per heavy atom. The van der Waals surface area contributed by atoms with Crippen LogP contribution in [0.3, 0.4) is 0 Å². The highest BCUT2D eigenvalue weighted by Crippen LogP contribution is 2.41. The van der Waals surface area contributed by atoms with Gasteiger partial charge in [0, 0.05) is 29.5 Å². The second-order valence-electron chi connectivity index (χ2n) is 12.8. The van der Waals surface area contributed by atoms with Gasteiger partial charge >= 0.3 is 0 Å². The van der Waals surface area contributed by atoms with Crippen molar-refractivity contribution >= 4 is 61.7 Å². The summed E-state index contributed by atoms with van der Waals surface area (Å²) in [5.74, 6) is 1.30. The molecule has 8 nitrogen and oxygen atoms in total. The molecule has 2 amide bonds. The van der Waals surface area contributed by atoms with Gasteiger partial charge in [-0.05, 0) is 104 Å². The van der Waals surface area contributed by atoms with Gasteiger partial charge in [0.25, 0.3) is 11.8 Å². The summed E-state index contributed by atoms with van der Waals surface area (Å²) in [6, 6.07) is 30.4. The Bertz CT molecular complexity index is 1830. The smallest absolute Gasteiger partial charge is 0.272 e. The third-order valence-corrected chi connectivity index (χ3v) is 10.5. The first-order chi connectivity index (χ1) is 25.3. The molecule has 2 heterocycles. The lowest BCUT2D eigenvalue weighted by Crippen LogP contribution is -2.42. The third-order valence-electron chi connectivity index (χ3n) is 9.19. The molecular formula is C42H42BrIN4O4. The highest BCUT2D eigenvalue weighted by atomic mass is 127. The van der Waals surface area contributed by atoms with Crippen LogP contribution >= 0.6 is 38.5 Å². The molecule has 6 rings (SSSR count). The summed E-state index contributed by atoms with van der Waals surface area (Å²) in [7, 11) is 0. The van der Waals surface area contributed by atoms with E-state index < -0.39 is 12.2 Å². The minimum atomic E-state index is -0.714. The number of hydrogen-bond acceptors (Lipinski definition) is 6. The van der Waals surface area contributed by atoms with Crippen LogP contribution in [0.15, 0.2) is 84.9 Å². The van der Waals surface area contributed by atoms with Gasteiger partial charge in [-0.3, -0.25) is 9.59 Å². The molecule has 0 spiro atoms. The predicted molar refractivity (Wildman–Crippen MR) is 216 cm³/mol. The van der Waals surface area contributed by atoms with E-state index in [1.807, 2.05) is 84.3 Å². The molecule has 2 aliphatic heterocycles. The predicted octanol–water partition coefficient (Wildman–Crippen LogP) is 9.84. The third kappa shape index (κ3) is 9.15. The van der Waals surface area contributed by atoms with Crippen molar-refractivity contribution in [3.63, 3.8) is 0 Å². The van der Waals surface area contributed by atoms with Crippen LogP contribution < -0.4 is 19.3 Å². The summed E-state index contributed by atoms with van der Waals surface area (Å²) in [6.45, 7) is 5.23. The van der Waals surface area contributed by atoms with Gasteiger partial charge < -0.3 is 19.3 Å². The van der Waals surface area contributed by atoms with Crippen molar-refractivity contribution in [2.45, 2.75) is 64.6 Å². The molecule has 0 aliphatic carbocycles. The Morgan fingerprint density at radius 3 is 1.52 bits per heavy atom. The lowest BCUT2D eigenvalue weighted by molar-refractivity contribution is -0.127. The molecule has 4 aromatic carbocycles. The van der Waals surface area contributed by atoms with Crippen LogP contribution in [0.5, 0.6) is 11.5 Å². The standard InChI is InChI=1S/C21H21BrN2O2.C21H21IN2O2/c2*1-15-9-10-16(14-23)13-17(15)20-21(25)24(12-6-2-5-11-22)18-7-3-4-8-19(18)26-20/h2*3-4,7-10,13,20H,2,5-6,11-12H2,1H3/t2*20-/m00/s1. The second kappa shape index (κ2) is 18.9. The number of rotatable bonds is 12. The second-order valence-corrected chi connectivity index (χ2v) is 14.6. The zero-order chi connectivity index (χ0) is 37.0. The normalized spacial score (nSPS) is 16.0. The average molecular weight is 874 g/mol. The van der Waals surface area contributed by atoms with E-state index in [9.17, 15) is 20.1 Å². The number of unbranched alkanes of at least 4 members (excludes halogenated alkanes) is 4. The molecule has 0 saturated heterocycles. The summed E-state index contributed by atoms with van der Waals surface area (Å²) in [6.07, 6.45) is 4.90. The molecule has 0 N–H and O–H groups in total. The van der Waals surface area contributed by atoms with Crippen molar-refractivity contribution in [3.8, 4) is 23.6 Å². The number of carbonyl (C=O) groups is 2. The van der Waals surface area contributed by atoms with Crippen molar-refractivity contribution < 1.29 is 19.1 Å². The summed E-state index contributed by atoms with van der Waals surface area (Å²) >= 11 is 5.83. The van der Waals surface area contributed by atoms with E-state index in [-0.39, 0.29) is 11.8 Å². The Kier molecular flexibility index (Phi) is 14.1. The van der Waals surface area contributed by atoms with Gasteiger partial charge in [-0.2, -0.15) is 10.5 Å². The minimum absolute atomic E-state index is 0.0589. The number of hydrogen-bond donors (Lipinski definition) is 0. The number of ether oxygens (including phenoxy) is 2. The molecule has 4 aromatic rings. The van der Waals surface area contributed by atoms with Gasteiger partial charge in [-0.15, -0.1) is 0 Å². The molecule has 0 radical (unpaired) electrons. The SMILES string of the molecule is Cc1ccc(C#N)cc1[C@@H]1Oc2ccccc2N(CCCCCBr)C1=O.Cc1ccc(C#N)cc1[C@@H]1Oc2ccccc2N(CCCCCI)C1=O. The maximum absolute atomic E-state index is 13.2. The number of para-hydroxylation sites is 4. The number of amides is 2. The van der Waals surface area contributed by atoms with E-state index in [4.69, 9.17) is 9.47 Å². The number of anilines is 2. The van der Waals surface area contributed by atoms with E-state index in [1.165, 1.54) is 0 Å². The first-order valence-corrected chi connectivity index (χ1v) is 20.2. The van der Waals surface area contributed by atoms with Crippen LogP contribution in [0.1, 0.15) is 84.1 Å². The summed E-state index contributed by atoms with van der Waals surface area (Å²) in [5.41, 5.74) is 6.14. The molecule has 10 heteroatoms. The fourth-order valence-electron chi connectivity index (χ4n) is 6.36. The average Bonchev–Trinajstić information content (AvgIpc) is 3.17. The summed E-state index contributed by atoms with van der Waals surface area (Å²) in [5, 5.41) is 19.4. The molecule has 52 heavy (non-hydrogen) atoms. The van der Waals surface area contributed by atoms with Gasteiger partial charge in [0.15, 0.2) is 0 Å². The number of benzene rings is 4. The zero-order valence-corrected chi connectivity index (χ0v) is 33.2. The number of fused-ring (bicyclic) bond motifs is 2. The van der Waals surface area contributed by atoms with Crippen molar-refractivity contribution in [3.05, 3.63) is 118 Å². The molecule has 0 aromatic heterocycles. The molecule has 0 bridgehead atoms. The number of carbonyl (C=O) groups excluding carboxylic acids is 2. The maximum atomic E-state index is 13.2. The summed E-state index contributed by atoms with van der Waals surface area (Å²) < 4.78 is 13.3. The van der Waals surface area contributed by atoms with Gasteiger partial charge in [-0.1, -0.05) is 87.8 Å². The van der Waals surface area contributed by atoms with Crippen LogP contribution in [0.4, 0.5) is 11.4 Å². The number of aryl methyl sites for hydroxylation is 2. The molecular weight excluding hydrogens is 831 g/mol. The van der Waals surface area contributed by atoms with Crippen molar-refractivity contribution in [1.29, 1.82) is 10.5 Å². The molecule has 0 saturated carbocycles. The Hall–Kier alpha value is -4.39. The lowest BCUT2D eigenvalue weighted by atomic mass is 9.98. The number of alkyl halides is 2. The fraction of sp³-hybridized carbons (Fsp3) is 0.333. The number of nitrogens with zero attached hydrogens (tertiary/aromatic N) is 4. The van der Waals surface area contributed by atoms with E-state index >= 15 is 0 Å². The van der Waals surface area contributed by atoms with E-state index in [1.54, 1.807) is 24.3 Å². The van der Waals surface area contributed by atoms with Gasteiger partial charge in [0.05, 0.1) is 34.6 Å². The Labute approximate surface area is 328 Å². The van der Waals surface area contributed by atoms with Crippen molar-refractivity contribution in [2.75, 3.05) is 32.6 Å². The molecule has 2 atom stereocenters. The molecule has 2 aliphatic rings. The molecule has 0 unspecified atom stereocenters. The quantitative estimate of drug-likeness (QED) is 0.0798. The van der Waals surface area contributed by atoms with Crippen molar-refractivity contribution in [2.24, 2.45) is 0 Å². The van der Waals surface area contributed by atoms with Crippen LogP contribution in [-0.4, -0.2) is 34.7 Å². The van der Waals surface area contributed by atoms with Gasteiger partial charge in [-0.25, -0.2) is 0 Å². The van der Waals surface area contributed by atoms with Gasteiger partial charge in [0.1, 0.15) is 11.5 Å². The zero-order valence-electron chi connectivity index (χ0n) is 29.5. The van der Waals surface area contributed by atoms with Crippen LogP contribution in [-0.2, 0) is 9.59 Å². The van der Waals surface area contributed by atoms with Crippen LogP contribution in [0, 0.1) is 36.5 Å². The van der Waals surface area contributed by atoms with Crippen LogP contribution in [0.25, 0.3) is 0 Å². The van der Waals surface area contributed by atoms with E-state index in [2.05, 4.69) is 50.7 Å². The Balaban J connectivity index is 0.000000201. The fourth-order valence-corrected chi connectivity index (χ4v) is 7.29. The summed E-state index contributed by atoms with van der Waals surface area (Å²) in [4.78, 5) is 30.1. The highest BCUT2D eigenvalue weighted by Gasteiger charge is 2.37. The Morgan fingerprint density at radius 2 is 1.10 bits per heavy atom. The number of nitriles is 2. The van der Waals surface area contributed by atoms with Crippen molar-refractivity contribution in [1.82, 2.24) is 0 Å². The maximum Gasteiger partial charge on any atom is 0.272 e.